The van der Waals surface area contributed by atoms with Crippen LogP contribution in [0.2, 0.25) is 0 Å². The van der Waals surface area contributed by atoms with Crippen LogP contribution in [-0.2, 0) is 28.6 Å². The molecule has 0 fully saturated rings. The summed E-state index contributed by atoms with van der Waals surface area (Å²) in [5.74, 6) is 0.711. The minimum absolute atomic E-state index is 0.0657. The number of unbranched alkanes of at least 4 members (excludes halogenated alkanes) is 26. The minimum Gasteiger partial charge on any atom is -0.462 e. The lowest BCUT2D eigenvalue weighted by molar-refractivity contribution is -0.167. The van der Waals surface area contributed by atoms with E-state index >= 15 is 0 Å². The predicted octanol–water partition coefficient (Wildman–Crippen LogP) is 14.6. The normalized spacial score (nSPS) is 12.1. The number of rotatable bonds is 41. The Morgan fingerprint density at radius 3 is 0.925 bits per heavy atom. The first kappa shape index (κ1) is 51.4. The maximum atomic E-state index is 12.7. The standard InChI is InChI=1S/C47H90O6/c1-6-7-8-9-10-11-12-13-14-15-18-22-29-34-39-47(50)53-44(41-52-46(49)38-33-28-24-23-26-31-36-43(4)5)40-51-45(48)37-32-27-21-19-16-17-20-25-30-35-42(2)3/h42-44H,6-41H2,1-5H3/t44-/m1/s1. The zero-order valence-electron chi connectivity index (χ0n) is 36.1. The predicted molar refractivity (Wildman–Crippen MR) is 224 cm³/mol. The van der Waals surface area contributed by atoms with Gasteiger partial charge in [-0.15, -0.1) is 0 Å². The van der Waals surface area contributed by atoms with Gasteiger partial charge in [0.25, 0.3) is 0 Å². The summed E-state index contributed by atoms with van der Waals surface area (Å²) < 4.78 is 16.7. The van der Waals surface area contributed by atoms with Crippen molar-refractivity contribution in [2.24, 2.45) is 11.8 Å². The zero-order valence-corrected chi connectivity index (χ0v) is 36.1. The molecule has 1 atom stereocenters. The minimum atomic E-state index is -0.761. The Labute approximate surface area is 329 Å². The highest BCUT2D eigenvalue weighted by Crippen LogP contribution is 2.16. The maximum absolute atomic E-state index is 12.7. The van der Waals surface area contributed by atoms with Crippen molar-refractivity contribution in [2.75, 3.05) is 13.2 Å². The summed E-state index contributed by atoms with van der Waals surface area (Å²) in [5.41, 5.74) is 0. The van der Waals surface area contributed by atoms with E-state index in [1.54, 1.807) is 0 Å². The van der Waals surface area contributed by atoms with Crippen LogP contribution < -0.4 is 0 Å². The summed E-state index contributed by atoms with van der Waals surface area (Å²) in [6, 6.07) is 0. The summed E-state index contributed by atoms with van der Waals surface area (Å²) in [6.45, 7) is 11.3. The van der Waals surface area contributed by atoms with Gasteiger partial charge in [0, 0.05) is 19.3 Å². The molecule has 0 bridgehead atoms. The van der Waals surface area contributed by atoms with Crippen LogP contribution >= 0.6 is 0 Å². The molecule has 0 rings (SSSR count). The molecule has 0 aliphatic rings. The highest BCUT2D eigenvalue weighted by molar-refractivity contribution is 5.71. The third-order valence-corrected chi connectivity index (χ3v) is 10.5. The second kappa shape index (κ2) is 40.1. The first-order valence-electron chi connectivity index (χ1n) is 23.2. The van der Waals surface area contributed by atoms with Crippen molar-refractivity contribution >= 4 is 17.9 Å². The van der Waals surface area contributed by atoms with Crippen molar-refractivity contribution in [3.05, 3.63) is 0 Å². The van der Waals surface area contributed by atoms with Crippen LogP contribution in [0.4, 0.5) is 0 Å². The van der Waals surface area contributed by atoms with Gasteiger partial charge in [0.05, 0.1) is 0 Å². The van der Waals surface area contributed by atoms with Crippen molar-refractivity contribution in [1.82, 2.24) is 0 Å². The largest absolute Gasteiger partial charge is 0.462 e. The number of ether oxygens (including phenoxy) is 3. The molecule has 0 aliphatic heterocycles. The van der Waals surface area contributed by atoms with Crippen LogP contribution in [0.25, 0.3) is 0 Å². The summed E-state index contributed by atoms with van der Waals surface area (Å²) >= 11 is 0. The van der Waals surface area contributed by atoms with Crippen LogP contribution in [0.3, 0.4) is 0 Å². The molecule has 0 amide bonds. The molecule has 0 saturated heterocycles. The smallest absolute Gasteiger partial charge is 0.306 e. The molecule has 0 unspecified atom stereocenters. The molecular formula is C47H90O6. The van der Waals surface area contributed by atoms with E-state index in [1.165, 1.54) is 141 Å². The lowest BCUT2D eigenvalue weighted by atomic mass is 10.0. The highest BCUT2D eigenvalue weighted by Gasteiger charge is 2.19. The molecule has 53 heavy (non-hydrogen) atoms. The van der Waals surface area contributed by atoms with Crippen LogP contribution in [-0.4, -0.2) is 37.2 Å². The van der Waals surface area contributed by atoms with Gasteiger partial charge in [0.2, 0.25) is 0 Å². The summed E-state index contributed by atoms with van der Waals surface area (Å²) in [6.07, 6.45) is 38.1. The van der Waals surface area contributed by atoms with Crippen LogP contribution in [0, 0.1) is 11.8 Å². The Kier molecular flexibility index (Phi) is 38.9. The zero-order chi connectivity index (χ0) is 39.0. The number of carbonyl (C=O) groups excluding carboxylic acids is 3. The highest BCUT2D eigenvalue weighted by atomic mass is 16.6. The van der Waals surface area contributed by atoms with E-state index in [4.69, 9.17) is 14.2 Å². The molecule has 6 heteroatoms. The lowest BCUT2D eigenvalue weighted by Crippen LogP contribution is -2.30. The molecular weight excluding hydrogens is 661 g/mol. The third-order valence-electron chi connectivity index (χ3n) is 10.5. The lowest BCUT2D eigenvalue weighted by Gasteiger charge is -2.18. The molecule has 0 radical (unpaired) electrons. The number of carbonyl (C=O) groups is 3. The van der Waals surface area contributed by atoms with Gasteiger partial charge >= 0.3 is 17.9 Å². The molecule has 0 aromatic rings. The van der Waals surface area contributed by atoms with Crippen molar-refractivity contribution in [1.29, 1.82) is 0 Å². The fraction of sp³-hybridized carbons (Fsp3) is 0.936. The van der Waals surface area contributed by atoms with E-state index in [-0.39, 0.29) is 31.1 Å². The number of esters is 3. The fourth-order valence-corrected chi connectivity index (χ4v) is 6.93. The van der Waals surface area contributed by atoms with Crippen LogP contribution in [0.15, 0.2) is 0 Å². The SMILES string of the molecule is CCCCCCCCCCCCCCCCC(=O)O[C@H](COC(=O)CCCCCCCCCCCC(C)C)COC(=O)CCCCCCCCC(C)C. The molecule has 0 heterocycles. The molecule has 0 aliphatic carbocycles. The average Bonchev–Trinajstić information content (AvgIpc) is 3.12. The van der Waals surface area contributed by atoms with Gasteiger partial charge in [-0.3, -0.25) is 14.4 Å². The summed E-state index contributed by atoms with van der Waals surface area (Å²) in [4.78, 5) is 37.7. The second-order valence-electron chi connectivity index (χ2n) is 17.0. The Hall–Kier alpha value is -1.59. The summed E-state index contributed by atoms with van der Waals surface area (Å²) in [7, 11) is 0. The summed E-state index contributed by atoms with van der Waals surface area (Å²) in [5, 5.41) is 0. The van der Waals surface area contributed by atoms with Crippen LogP contribution in [0.1, 0.15) is 253 Å². The van der Waals surface area contributed by atoms with E-state index in [9.17, 15) is 14.4 Å². The molecule has 0 spiro atoms. The Morgan fingerprint density at radius 2 is 0.623 bits per heavy atom. The molecule has 0 N–H and O–H groups in total. The van der Waals surface area contributed by atoms with Crippen molar-refractivity contribution in [2.45, 2.75) is 259 Å². The third kappa shape index (κ3) is 41.4. The van der Waals surface area contributed by atoms with Gasteiger partial charge in [-0.1, -0.05) is 214 Å². The van der Waals surface area contributed by atoms with Crippen molar-refractivity contribution in [3.63, 3.8) is 0 Å². The van der Waals surface area contributed by atoms with Gasteiger partial charge in [-0.2, -0.15) is 0 Å². The quantitative estimate of drug-likeness (QED) is 0.0352. The van der Waals surface area contributed by atoms with Gasteiger partial charge in [0.1, 0.15) is 13.2 Å². The van der Waals surface area contributed by atoms with Gasteiger partial charge < -0.3 is 14.2 Å². The molecule has 314 valence electrons. The van der Waals surface area contributed by atoms with E-state index in [0.717, 1.165) is 69.6 Å². The van der Waals surface area contributed by atoms with Gasteiger partial charge in [0.15, 0.2) is 6.10 Å². The molecule has 6 nitrogen and oxygen atoms in total. The topological polar surface area (TPSA) is 78.9 Å². The van der Waals surface area contributed by atoms with E-state index < -0.39 is 6.10 Å². The molecule has 0 aromatic carbocycles. The Bertz CT molecular complexity index is 809. The molecule has 0 saturated carbocycles. The van der Waals surface area contributed by atoms with E-state index in [0.29, 0.717) is 19.3 Å². The average molecular weight is 751 g/mol. The van der Waals surface area contributed by atoms with E-state index in [2.05, 4.69) is 34.6 Å². The first-order valence-corrected chi connectivity index (χ1v) is 23.2. The second-order valence-corrected chi connectivity index (χ2v) is 17.0. The number of hydrogen-bond acceptors (Lipinski definition) is 6. The van der Waals surface area contributed by atoms with E-state index in [1.807, 2.05) is 0 Å². The monoisotopic (exact) mass is 751 g/mol. The van der Waals surface area contributed by atoms with Crippen LogP contribution in [0.5, 0.6) is 0 Å². The maximum Gasteiger partial charge on any atom is 0.306 e. The number of hydrogen-bond donors (Lipinski definition) is 0. The Morgan fingerprint density at radius 1 is 0.358 bits per heavy atom. The Balaban J connectivity index is 4.32. The fourth-order valence-electron chi connectivity index (χ4n) is 6.93. The van der Waals surface area contributed by atoms with Gasteiger partial charge in [-0.05, 0) is 31.1 Å². The van der Waals surface area contributed by atoms with Gasteiger partial charge in [-0.25, -0.2) is 0 Å². The first-order chi connectivity index (χ1) is 25.7. The molecule has 0 aromatic heterocycles. The van der Waals surface area contributed by atoms with Crippen molar-refractivity contribution < 1.29 is 28.6 Å². The van der Waals surface area contributed by atoms with Crippen molar-refractivity contribution in [3.8, 4) is 0 Å².